The highest BCUT2D eigenvalue weighted by molar-refractivity contribution is 5.94. The summed E-state index contributed by atoms with van der Waals surface area (Å²) in [5.41, 5.74) is 0.0369. The topological polar surface area (TPSA) is 95.5 Å². The smallest absolute Gasteiger partial charge is 0.321 e. The Morgan fingerprint density at radius 3 is 2.48 bits per heavy atom. The summed E-state index contributed by atoms with van der Waals surface area (Å²) in [6.45, 7) is 5.91. The van der Waals surface area contributed by atoms with Crippen LogP contribution in [0.5, 0.6) is 0 Å². The number of carbonyl (C=O) groups is 3. The summed E-state index contributed by atoms with van der Waals surface area (Å²) in [5.74, 6) is -1.67. The molecule has 0 aromatic carbocycles. The molecule has 0 saturated heterocycles. The van der Waals surface area contributed by atoms with Gasteiger partial charge in [-0.3, -0.25) is 14.9 Å². The van der Waals surface area contributed by atoms with E-state index in [9.17, 15) is 14.4 Å². The molecule has 0 radical (unpaired) electrons. The van der Waals surface area contributed by atoms with E-state index in [0.717, 1.165) is 19.3 Å². The van der Waals surface area contributed by atoms with Crippen LogP contribution in [0.1, 0.15) is 59.3 Å². The lowest BCUT2D eigenvalue weighted by Gasteiger charge is -2.38. The van der Waals surface area contributed by atoms with Crippen molar-refractivity contribution in [3.8, 4) is 0 Å². The van der Waals surface area contributed by atoms with Crippen LogP contribution in [0.2, 0.25) is 0 Å². The van der Waals surface area contributed by atoms with E-state index < -0.39 is 17.9 Å². The molecular formula is C15H26N2O4. The van der Waals surface area contributed by atoms with Crippen LogP contribution in [0.15, 0.2) is 0 Å². The third kappa shape index (κ3) is 6.14. The lowest BCUT2D eigenvalue weighted by Crippen LogP contribution is -2.51. The van der Waals surface area contributed by atoms with Crippen LogP contribution >= 0.6 is 0 Å². The number of imide groups is 1. The minimum atomic E-state index is -0.941. The Labute approximate surface area is 125 Å². The summed E-state index contributed by atoms with van der Waals surface area (Å²) in [6, 6.07) is -0.419. The van der Waals surface area contributed by atoms with Crippen LogP contribution in [0.25, 0.3) is 0 Å². The zero-order valence-electron chi connectivity index (χ0n) is 13.1. The lowest BCUT2D eigenvalue weighted by molar-refractivity contribution is -0.138. The van der Waals surface area contributed by atoms with Gasteiger partial charge in [-0.25, -0.2) is 4.79 Å². The second-order valence-electron chi connectivity index (χ2n) is 6.72. The standard InChI is InChI=1S/C15H26N2O4/c1-10(9-13(19)20)8-12(18)17-14(21)16-11-6-4-5-7-15(11,2)3/h10-11H,4-9H2,1-3H3,(H,19,20)(H2,16,17,18,21). The van der Waals surface area contributed by atoms with Crippen LogP contribution in [0, 0.1) is 11.3 Å². The lowest BCUT2D eigenvalue weighted by atomic mass is 9.73. The molecule has 2 unspecified atom stereocenters. The van der Waals surface area contributed by atoms with Gasteiger partial charge in [0.1, 0.15) is 0 Å². The van der Waals surface area contributed by atoms with E-state index in [-0.39, 0.29) is 30.2 Å². The summed E-state index contributed by atoms with van der Waals surface area (Å²) >= 11 is 0. The molecule has 6 nitrogen and oxygen atoms in total. The van der Waals surface area contributed by atoms with Crippen molar-refractivity contribution < 1.29 is 19.5 Å². The van der Waals surface area contributed by atoms with E-state index in [1.165, 1.54) is 6.42 Å². The largest absolute Gasteiger partial charge is 0.481 e. The second-order valence-corrected chi connectivity index (χ2v) is 6.72. The number of nitrogens with one attached hydrogen (secondary N) is 2. The molecule has 0 bridgehead atoms. The van der Waals surface area contributed by atoms with Crippen molar-refractivity contribution in [1.82, 2.24) is 10.6 Å². The minimum Gasteiger partial charge on any atom is -0.481 e. The summed E-state index contributed by atoms with van der Waals surface area (Å²) in [7, 11) is 0. The Kier molecular flexibility index (Phi) is 6.18. The number of rotatable bonds is 5. The highest BCUT2D eigenvalue weighted by atomic mass is 16.4. The molecule has 2 atom stereocenters. The maximum Gasteiger partial charge on any atom is 0.321 e. The predicted octanol–water partition coefficient (Wildman–Crippen LogP) is 2.28. The molecule has 0 heterocycles. The van der Waals surface area contributed by atoms with Gasteiger partial charge in [-0.05, 0) is 24.2 Å². The Balaban J connectivity index is 2.39. The number of hydrogen-bond acceptors (Lipinski definition) is 3. The van der Waals surface area contributed by atoms with Crippen molar-refractivity contribution in [2.24, 2.45) is 11.3 Å². The first-order valence-electron chi connectivity index (χ1n) is 7.53. The second kappa shape index (κ2) is 7.43. The predicted molar refractivity (Wildman–Crippen MR) is 78.7 cm³/mol. The van der Waals surface area contributed by atoms with Crippen molar-refractivity contribution in [1.29, 1.82) is 0 Å². The molecule has 120 valence electrons. The van der Waals surface area contributed by atoms with Crippen LogP contribution in [0.4, 0.5) is 4.79 Å². The maximum atomic E-state index is 11.9. The molecule has 1 saturated carbocycles. The molecule has 3 amide bonds. The molecule has 1 aliphatic rings. The fraction of sp³-hybridized carbons (Fsp3) is 0.800. The van der Waals surface area contributed by atoms with E-state index in [1.807, 2.05) is 0 Å². The fourth-order valence-electron chi connectivity index (χ4n) is 2.82. The summed E-state index contributed by atoms with van der Waals surface area (Å²) in [5, 5.41) is 13.8. The van der Waals surface area contributed by atoms with Gasteiger partial charge in [-0.15, -0.1) is 0 Å². The van der Waals surface area contributed by atoms with E-state index >= 15 is 0 Å². The molecular weight excluding hydrogens is 272 g/mol. The first-order chi connectivity index (χ1) is 9.70. The van der Waals surface area contributed by atoms with Crippen molar-refractivity contribution in [3.05, 3.63) is 0 Å². The maximum absolute atomic E-state index is 11.9. The first-order valence-corrected chi connectivity index (χ1v) is 7.53. The van der Waals surface area contributed by atoms with Crippen LogP contribution in [-0.2, 0) is 9.59 Å². The Bertz CT molecular complexity index is 406. The number of carboxylic acid groups (broad SMARTS) is 1. The normalized spacial score (nSPS) is 22.1. The summed E-state index contributed by atoms with van der Waals surface area (Å²) in [6.07, 6.45) is 4.18. The molecule has 0 spiro atoms. The summed E-state index contributed by atoms with van der Waals surface area (Å²) < 4.78 is 0. The zero-order chi connectivity index (χ0) is 16.0. The van der Waals surface area contributed by atoms with Gasteiger partial charge < -0.3 is 10.4 Å². The summed E-state index contributed by atoms with van der Waals surface area (Å²) in [4.78, 5) is 34.1. The average Bonchev–Trinajstić information content (AvgIpc) is 2.30. The molecule has 0 aromatic heterocycles. The van der Waals surface area contributed by atoms with Crippen LogP contribution in [0.3, 0.4) is 0 Å². The molecule has 3 N–H and O–H groups in total. The molecule has 0 aliphatic heterocycles. The molecule has 1 aliphatic carbocycles. The number of hydrogen-bond donors (Lipinski definition) is 3. The highest BCUT2D eigenvalue weighted by Gasteiger charge is 2.33. The van der Waals surface area contributed by atoms with Crippen molar-refractivity contribution in [2.75, 3.05) is 0 Å². The third-order valence-corrected chi connectivity index (χ3v) is 4.12. The highest BCUT2D eigenvalue weighted by Crippen LogP contribution is 2.35. The third-order valence-electron chi connectivity index (χ3n) is 4.12. The van der Waals surface area contributed by atoms with Crippen molar-refractivity contribution >= 4 is 17.9 Å². The Morgan fingerprint density at radius 1 is 1.24 bits per heavy atom. The quantitative estimate of drug-likeness (QED) is 0.725. The van der Waals surface area contributed by atoms with Gasteiger partial charge in [0.15, 0.2) is 0 Å². The average molecular weight is 298 g/mol. The first kappa shape index (κ1) is 17.5. The van der Waals surface area contributed by atoms with E-state index in [0.29, 0.717) is 0 Å². The molecule has 1 fully saturated rings. The molecule has 21 heavy (non-hydrogen) atoms. The molecule has 1 rings (SSSR count). The molecule has 0 aromatic rings. The number of aliphatic carboxylic acids is 1. The van der Waals surface area contributed by atoms with Gasteiger partial charge >= 0.3 is 12.0 Å². The van der Waals surface area contributed by atoms with Crippen LogP contribution < -0.4 is 10.6 Å². The van der Waals surface area contributed by atoms with Gasteiger partial charge in [-0.1, -0.05) is 33.6 Å². The van der Waals surface area contributed by atoms with Gasteiger partial charge in [0.25, 0.3) is 0 Å². The van der Waals surface area contributed by atoms with Crippen molar-refractivity contribution in [3.63, 3.8) is 0 Å². The van der Waals surface area contributed by atoms with Gasteiger partial charge in [0, 0.05) is 18.9 Å². The van der Waals surface area contributed by atoms with Gasteiger partial charge in [0.2, 0.25) is 5.91 Å². The van der Waals surface area contributed by atoms with E-state index in [2.05, 4.69) is 24.5 Å². The molecule has 6 heteroatoms. The van der Waals surface area contributed by atoms with Crippen LogP contribution in [-0.4, -0.2) is 29.1 Å². The monoisotopic (exact) mass is 298 g/mol. The van der Waals surface area contributed by atoms with Gasteiger partial charge in [0.05, 0.1) is 0 Å². The zero-order valence-corrected chi connectivity index (χ0v) is 13.1. The SMILES string of the molecule is CC(CC(=O)O)CC(=O)NC(=O)NC1CCCCC1(C)C. The number of carboxylic acids is 1. The Morgan fingerprint density at radius 2 is 1.90 bits per heavy atom. The minimum absolute atomic E-state index is 0.0355. The number of urea groups is 1. The van der Waals surface area contributed by atoms with E-state index in [4.69, 9.17) is 5.11 Å². The number of carbonyl (C=O) groups excluding carboxylic acids is 2. The van der Waals surface area contributed by atoms with Crippen molar-refractivity contribution in [2.45, 2.75) is 65.3 Å². The fourth-order valence-corrected chi connectivity index (χ4v) is 2.82. The van der Waals surface area contributed by atoms with E-state index in [1.54, 1.807) is 6.92 Å². The Hall–Kier alpha value is -1.59. The van der Waals surface area contributed by atoms with Gasteiger partial charge in [-0.2, -0.15) is 0 Å². The number of amides is 3.